The first-order valence-corrected chi connectivity index (χ1v) is 8.69. The minimum absolute atomic E-state index is 0.654. The predicted octanol–water partition coefficient (Wildman–Crippen LogP) is 3.65. The van der Waals surface area contributed by atoms with Crippen LogP contribution in [0.15, 0.2) is 24.3 Å². The number of nitrogens with one attached hydrogen (secondary N) is 1. The van der Waals surface area contributed by atoms with Crippen LogP contribution < -0.4 is 10.2 Å². The zero-order valence-electron chi connectivity index (χ0n) is 13.5. The molecule has 1 N–H and O–H groups in total. The second-order valence-electron chi connectivity index (χ2n) is 6.19. The Bertz CT molecular complexity index is 666. The van der Waals surface area contributed by atoms with E-state index in [9.17, 15) is 0 Å². The van der Waals surface area contributed by atoms with Crippen LogP contribution in [0.25, 0.3) is 0 Å². The van der Waals surface area contributed by atoms with Gasteiger partial charge in [0.25, 0.3) is 0 Å². The molecule has 0 amide bonds. The van der Waals surface area contributed by atoms with Crippen LogP contribution in [-0.4, -0.2) is 29.4 Å². The van der Waals surface area contributed by atoms with Crippen LogP contribution >= 0.6 is 23.2 Å². The van der Waals surface area contributed by atoms with Crippen molar-refractivity contribution in [2.24, 2.45) is 13.0 Å². The van der Waals surface area contributed by atoms with Crippen LogP contribution in [0.1, 0.15) is 17.7 Å². The molecular formula is C17H22Cl2N4. The molecular weight excluding hydrogens is 331 g/mol. The third kappa shape index (κ3) is 3.82. The largest absolute Gasteiger partial charge is 0.371 e. The zero-order chi connectivity index (χ0) is 16.4. The Labute approximate surface area is 147 Å². The Morgan fingerprint density at radius 2 is 2.00 bits per heavy atom. The molecule has 1 fully saturated rings. The summed E-state index contributed by atoms with van der Waals surface area (Å²) in [5.74, 6) is 0.654. The molecule has 0 radical (unpaired) electrons. The normalized spacial score (nSPS) is 17.9. The SMILES string of the molecule is Cc1nn(C)c(Cl)c1CNCC1CCN(c2ccc(Cl)cc2)C1. The molecule has 4 nitrogen and oxygen atoms in total. The first-order valence-electron chi connectivity index (χ1n) is 7.94. The number of aromatic nitrogens is 2. The molecule has 1 aromatic heterocycles. The number of hydrogen-bond acceptors (Lipinski definition) is 3. The van der Waals surface area contributed by atoms with Gasteiger partial charge in [-0.1, -0.05) is 23.2 Å². The summed E-state index contributed by atoms with van der Waals surface area (Å²) in [6.45, 7) is 5.94. The molecule has 1 aliphatic rings. The van der Waals surface area contributed by atoms with Gasteiger partial charge in [0, 0.05) is 49.5 Å². The van der Waals surface area contributed by atoms with Gasteiger partial charge in [-0.3, -0.25) is 4.68 Å². The Kier molecular flexibility index (Phi) is 5.14. The van der Waals surface area contributed by atoms with E-state index >= 15 is 0 Å². The summed E-state index contributed by atoms with van der Waals surface area (Å²) in [6.07, 6.45) is 1.20. The van der Waals surface area contributed by atoms with Gasteiger partial charge in [-0.2, -0.15) is 5.10 Å². The number of hydrogen-bond donors (Lipinski definition) is 1. The topological polar surface area (TPSA) is 33.1 Å². The molecule has 1 atom stereocenters. The number of benzene rings is 1. The molecule has 6 heteroatoms. The van der Waals surface area contributed by atoms with Crippen molar-refractivity contribution in [3.8, 4) is 0 Å². The molecule has 2 aromatic rings. The average Bonchev–Trinajstić information content (AvgIpc) is 3.08. The quantitative estimate of drug-likeness (QED) is 0.891. The highest BCUT2D eigenvalue weighted by atomic mass is 35.5. The lowest BCUT2D eigenvalue weighted by molar-refractivity contribution is 0.516. The van der Waals surface area contributed by atoms with E-state index < -0.39 is 0 Å². The summed E-state index contributed by atoms with van der Waals surface area (Å²) in [5.41, 5.74) is 3.35. The summed E-state index contributed by atoms with van der Waals surface area (Å²) in [7, 11) is 1.87. The van der Waals surface area contributed by atoms with Crippen molar-refractivity contribution < 1.29 is 0 Å². The van der Waals surface area contributed by atoms with Gasteiger partial charge in [0.05, 0.1) is 5.69 Å². The van der Waals surface area contributed by atoms with Crippen molar-refractivity contribution in [3.63, 3.8) is 0 Å². The van der Waals surface area contributed by atoms with E-state index in [0.29, 0.717) is 5.92 Å². The highest BCUT2D eigenvalue weighted by Crippen LogP contribution is 2.25. The predicted molar refractivity (Wildman–Crippen MR) is 96.4 cm³/mol. The molecule has 0 bridgehead atoms. The first kappa shape index (κ1) is 16.6. The monoisotopic (exact) mass is 352 g/mol. The van der Waals surface area contributed by atoms with Crippen molar-refractivity contribution >= 4 is 28.9 Å². The van der Waals surface area contributed by atoms with Gasteiger partial charge in [-0.05, 0) is 43.5 Å². The second kappa shape index (κ2) is 7.12. The van der Waals surface area contributed by atoms with E-state index in [1.165, 1.54) is 12.1 Å². The molecule has 1 aromatic carbocycles. The number of anilines is 1. The van der Waals surface area contributed by atoms with E-state index in [4.69, 9.17) is 23.2 Å². The van der Waals surface area contributed by atoms with Crippen molar-refractivity contribution in [2.75, 3.05) is 24.5 Å². The van der Waals surface area contributed by atoms with Gasteiger partial charge in [-0.25, -0.2) is 0 Å². The Balaban J connectivity index is 1.49. The van der Waals surface area contributed by atoms with Crippen LogP contribution in [0, 0.1) is 12.8 Å². The molecule has 0 aliphatic carbocycles. The van der Waals surface area contributed by atoms with Gasteiger partial charge < -0.3 is 10.2 Å². The van der Waals surface area contributed by atoms with Crippen molar-refractivity contribution in [1.82, 2.24) is 15.1 Å². The minimum Gasteiger partial charge on any atom is -0.371 e. The van der Waals surface area contributed by atoms with Crippen LogP contribution in [-0.2, 0) is 13.6 Å². The summed E-state index contributed by atoms with van der Waals surface area (Å²) in [5, 5.41) is 9.39. The molecule has 0 saturated carbocycles. The van der Waals surface area contributed by atoms with Crippen molar-refractivity contribution in [1.29, 1.82) is 0 Å². The van der Waals surface area contributed by atoms with E-state index in [2.05, 4.69) is 27.4 Å². The molecule has 1 saturated heterocycles. The molecule has 124 valence electrons. The standard InChI is InChI=1S/C17H22Cl2N4/c1-12-16(17(19)22(2)21-12)10-20-9-13-7-8-23(11-13)15-5-3-14(18)4-6-15/h3-6,13,20H,7-11H2,1-2H3. The summed E-state index contributed by atoms with van der Waals surface area (Å²) in [6, 6.07) is 8.10. The third-order valence-electron chi connectivity index (χ3n) is 4.48. The van der Waals surface area contributed by atoms with Crippen molar-refractivity contribution in [3.05, 3.63) is 45.7 Å². The maximum absolute atomic E-state index is 6.27. The number of halogens is 2. The van der Waals surface area contributed by atoms with E-state index in [1.807, 2.05) is 26.1 Å². The van der Waals surface area contributed by atoms with Gasteiger partial charge in [-0.15, -0.1) is 0 Å². The molecule has 0 spiro atoms. The number of nitrogens with zero attached hydrogens (tertiary/aromatic N) is 3. The lowest BCUT2D eigenvalue weighted by Crippen LogP contribution is -2.26. The summed E-state index contributed by atoms with van der Waals surface area (Å²) >= 11 is 12.2. The molecule has 1 aliphatic heterocycles. The first-order chi connectivity index (χ1) is 11.0. The lowest BCUT2D eigenvalue weighted by Gasteiger charge is -2.19. The minimum atomic E-state index is 0.654. The van der Waals surface area contributed by atoms with E-state index in [0.717, 1.165) is 47.6 Å². The third-order valence-corrected chi connectivity index (χ3v) is 5.21. The molecule has 23 heavy (non-hydrogen) atoms. The van der Waals surface area contributed by atoms with E-state index in [-0.39, 0.29) is 0 Å². The van der Waals surface area contributed by atoms with Crippen LogP contribution in [0.5, 0.6) is 0 Å². The Morgan fingerprint density at radius 3 is 2.65 bits per heavy atom. The van der Waals surface area contributed by atoms with Crippen LogP contribution in [0.3, 0.4) is 0 Å². The fourth-order valence-electron chi connectivity index (χ4n) is 3.16. The molecule has 3 rings (SSSR count). The summed E-state index contributed by atoms with van der Waals surface area (Å²) < 4.78 is 1.73. The van der Waals surface area contributed by atoms with Crippen LogP contribution in [0.4, 0.5) is 5.69 Å². The number of aryl methyl sites for hydroxylation is 2. The molecule has 1 unspecified atom stereocenters. The average molecular weight is 353 g/mol. The molecule has 2 heterocycles. The maximum atomic E-state index is 6.27. The smallest absolute Gasteiger partial charge is 0.131 e. The van der Waals surface area contributed by atoms with Gasteiger partial charge >= 0.3 is 0 Å². The second-order valence-corrected chi connectivity index (χ2v) is 6.98. The van der Waals surface area contributed by atoms with Gasteiger partial charge in [0.1, 0.15) is 5.15 Å². The lowest BCUT2D eigenvalue weighted by atomic mass is 10.1. The fraction of sp³-hybridized carbons (Fsp3) is 0.471. The summed E-state index contributed by atoms with van der Waals surface area (Å²) in [4.78, 5) is 2.42. The van der Waals surface area contributed by atoms with Gasteiger partial charge in [0.2, 0.25) is 0 Å². The zero-order valence-corrected chi connectivity index (χ0v) is 15.0. The number of rotatable bonds is 5. The maximum Gasteiger partial charge on any atom is 0.131 e. The Morgan fingerprint density at radius 1 is 1.26 bits per heavy atom. The van der Waals surface area contributed by atoms with E-state index in [1.54, 1.807) is 4.68 Å². The Hall–Kier alpha value is -1.23. The van der Waals surface area contributed by atoms with Crippen molar-refractivity contribution in [2.45, 2.75) is 19.9 Å². The van der Waals surface area contributed by atoms with Gasteiger partial charge in [0.15, 0.2) is 0 Å². The van der Waals surface area contributed by atoms with Crippen LogP contribution in [0.2, 0.25) is 10.2 Å². The highest BCUT2D eigenvalue weighted by molar-refractivity contribution is 6.30. The highest BCUT2D eigenvalue weighted by Gasteiger charge is 2.22. The fourth-order valence-corrected chi connectivity index (χ4v) is 3.53.